The van der Waals surface area contributed by atoms with E-state index in [0.29, 0.717) is 6.42 Å². The predicted molar refractivity (Wildman–Crippen MR) is 98.6 cm³/mol. The molecule has 0 radical (unpaired) electrons. The third kappa shape index (κ3) is 4.24. The highest BCUT2D eigenvalue weighted by Crippen LogP contribution is 2.47. The van der Waals surface area contributed by atoms with Gasteiger partial charge in [-0.25, -0.2) is 0 Å². The molecule has 0 amide bonds. The molecule has 0 aromatic heterocycles. The zero-order valence-electron chi connectivity index (χ0n) is 15.9. The summed E-state index contributed by atoms with van der Waals surface area (Å²) in [5.41, 5.74) is 1.61. The van der Waals surface area contributed by atoms with E-state index in [2.05, 4.69) is 19.9 Å². The second-order valence-corrected chi connectivity index (χ2v) is 8.88. The molecular weight excluding hydrogens is 296 g/mol. The van der Waals surface area contributed by atoms with Crippen molar-refractivity contribution >= 4 is 5.97 Å². The first kappa shape index (κ1) is 18.0. The van der Waals surface area contributed by atoms with E-state index in [1.165, 1.54) is 51.4 Å². The van der Waals surface area contributed by atoms with Gasteiger partial charge in [0.25, 0.3) is 0 Å². The van der Waals surface area contributed by atoms with Gasteiger partial charge in [-0.05, 0) is 80.6 Å². The van der Waals surface area contributed by atoms with E-state index in [1.807, 2.05) is 6.92 Å². The summed E-state index contributed by atoms with van der Waals surface area (Å²) in [7, 11) is 0. The van der Waals surface area contributed by atoms with Crippen LogP contribution < -0.4 is 0 Å². The maximum Gasteiger partial charge on any atom is 0.306 e. The SMILES string of the molecule is CCC(=O)OC1C=C2CCCC2C(CC2CCC(C(C)C)CC2)C1. The normalized spacial score (nSPS) is 36.3. The standard InChI is InChI=1S/C22H36O2/c1-4-22(23)24-20-13-18-6-5-7-21(18)19(14-20)12-16-8-10-17(11-9-16)15(2)3/h13,15-17,19-21H,4-12,14H2,1-3H3. The van der Waals surface area contributed by atoms with Crippen LogP contribution in [0.5, 0.6) is 0 Å². The van der Waals surface area contributed by atoms with Gasteiger partial charge in [-0.3, -0.25) is 4.79 Å². The maximum atomic E-state index is 11.7. The van der Waals surface area contributed by atoms with Crippen LogP contribution in [0.3, 0.4) is 0 Å². The van der Waals surface area contributed by atoms with Crippen LogP contribution >= 0.6 is 0 Å². The van der Waals surface area contributed by atoms with E-state index in [1.54, 1.807) is 5.57 Å². The lowest BCUT2D eigenvalue weighted by molar-refractivity contribution is -0.147. The molecule has 2 saturated carbocycles. The van der Waals surface area contributed by atoms with Gasteiger partial charge in [0.05, 0.1) is 0 Å². The zero-order valence-corrected chi connectivity index (χ0v) is 15.9. The van der Waals surface area contributed by atoms with Crippen LogP contribution in [0.4, 0.5) is 0 Å². The number of hydrogen-bond acceptors (Lipinski definition) is 2. The number of carbonyl (C=O) groups is 1. The van der Waals surface area contributed by atoms with Crippen LogP contribution in [0.2, 0.25) is 0 Å². The van der Waals surface area contributed by atoms with Crippen molar-refractivity contribution in [2.75, 3.05) is 0 Å². The quantitative estimate of drug-likeness (QED) is 0.462. The van der Waals surface area contributed by atoms with E-state index in [0.717, 1.165) is 36.0 Å². The molecule has 24 heavy (non-hydrogen) atoms. The van der Waals surface area contributed by atoms with Gasteiger partial charge in [0.1, 0.15) is 6.10 Å². The molecule has 0 aromatic carbocycles. The van der Waals surface area contributed by atoms with Crippen molar-refractivity contribution < 1.29 is 9.53 Å². The lowest BCUT2D eigenvalue weighted by Gasteiger charge is -2.37. The molecule has 0 N–H and O–H groups in total. The summed E-state index contributed by atoms with van der Waals surface area (Å²) in [6.07, 6.45) is 14.9. The molecule has 0 aliphatic heterocycles. The summed E-state index contributed by atoms with van der Waals surface area (Å²) in [6, 6.07) is 0. The minimum absolute atomic E-state index is 0.0375. The Balaban J connectivity index is 1.58. The third-order valence-corrected chi connectivity index (χ3v) is 7.00. The van der Waals surface area contributed by atoms with Gasteiger partial charge in [0.15, 0.2) is 0 Å². The first-order valence-corrected chi connectivity index (χ1v) is 10.5. The van der Waals surface area contributed by atoms with Crippen molar-refractivity contribution in [2.24, 2.45) is 29.6 Å². The number of esters is 1. The summed E-state index contributed by atoms with van der Waals surface area (Å²) in [6.45, 7) is 6.66. The number of ether oxygens (including phenoxy) is 1. The van der Waals surface area contributed by atoms with Crippen molar-refractivity contribution in [3.05, 3.63) is 11.6 Å². The van der Waals surface area contributed by atoms with Gasteiger partial charge in [0, 0.05) is 6.42 Å². The molecule has 0 spiro atoms. The van der Waals surface area contributed by atoms with Gasteiger partial charge in [-0.15, -0.1) is 0 Å². The van der Waals surface area contributed by atoms with Gasteiger partial charge in [0.2, 0.25) is 0 Å². The van der Waals surface area contributed by atoms with Crippen molar-refractivity contribution in [1.29, 1.82) is 0 Å². The van der Waals surface area contributed by atoms with Crippen LogP contribution in [0.25, 0.3) is 0 Å². The molecule has 2 heteroatoms. The monoisotopic (exact) mass is 332 g/mol. The molecule has 0 saturated heterocycles. The molecular formula is C22H36O2. The Morgan fingerprint density at radius 3 is 2.62 bits per heavy atom. The molecule has 0 heterocycles. The Morgan fingerprint density at radius 2 is 1.96 bits per heavy atom. The Morgan fingerprint density at radius 1 is 1.21 bits per heavy atom. The Bertz CT molecular complexity index is 457. The first-order valence-electron chi connectivity index (χ1n) is 10.5. The molecule has 0 bridgehead atoms. The number of fused-ring (bicyclic) bond motifs is 1. The van der Waals surface area contributed by atoms with E-state index in [4.69, 9.17) is 4.74 Å². The fraction of sp³-hybridized carbons (Fsp3) is 0.864. The highest BCUT2D eigenvalue weighted by molar-refractivity contribution is 5.69. The van der Waals surface area contributed by atoms with E-state index >= 15 is 0 Å². The molecule has 0 aromatic rings. The Labute approximate surface area is 148 Å². The summed E-state index contributed by atoms with van der Waals surface area (Å²) >= 11 is 0. The van der Waals surface area contributed by atoms with Crippen LogP contribution in [0, 0.1) is 29.6 Å². The molecule has 2 fully saturated rings. The smallest absolute Gasteiger partial charge is 0.306 e. The van der Waals surface area contributed by atoms with Crippen molar-refractivity contribution in [2.45, 2.75) is 91.1 Å². The summed E-state index contributed by atoms with van der Waals surface area (Å²) in [5.74, 6) is 4.22. The van der Waals surface area contributed by atoms with Crippen molar-refractivity contribution in [3.63, 3.8) is 0 Å². The molecule has 2 nitrogen and oxygen atoms in total. The molecule has 3 unspecified atom stereocenters. The highest BCUT2D eigenvalue weighted by Gasteiger charge is 2.37. The zero-order chi connectivity index (χ0) is 17.1. The van der Waals surface area contributed by atoms with Gasteiger partial charge < -0.3 is 4.74 Å². The lowest BCUT2D eigenvalue weighted by Crippen LogP contribution is -2.30. The second kappa shape index (κ2) is 8.06. The van der Waals surface area contributed by atoms with Crippen molar-refractivity contribution in [3.8, 4) is 0 Å². The average Bonchev–Trinajstić information content (AvgIpc) is 3.04. The van der Waals surface area contributed by atoms with Crippen LogP contribution in [0.1, 0.15) is 85.0 Å². The van der Waals surface area contributed by atoms with E-state index < -0.39 is 0 Å². The third-order valence-electron chi connectivity index (χ3n) is 7.00. The minimum atomic E-state index is -0.0375. The average molecular weight is 333 g/mol. The van der Waals surface area contributed by atoms with E-state index in [-0.39, 0.29) is 12.1 Å². The second-order valence-electron chi connectivity index (χ2n) is 8.88. The molecule has 3 aliphatic rings. The van der Waals surface area contributed by atoms with Gasteiger partial charge >= 0.3 is 5.97 Å². The first-order chi connectivity index (χ1) is 11.6. The van der Waals surface area contributed by atoms with Gasteiger partial charge in [-0.1, -0.05) is 39.2 Å². The molecule has 136 valence electrons. The summed E-state index contributed by atoms with van der Waals surface area (Å²) in [5, 5.41) is 0. The Kier molecular flexibility index (Phi) is 6.05. The largest absolute Gasteiger partial charge is 0.458 e. The predicted octanol–water partition coefficient (Wildman–Crippen LogP) is 5.91. The molecule has 3 aliphatic carbocycles. The van der Waals surface area contributed by atoms with E-state index in [9.17, 15) is 4.79 Å². The fourth-order valence-corrected chi connectivity index (χ4v) is 5.53. The van der Waals surface area contributed by atoms with Crippen molar-refractivity contribution in [1.82, 2.24) is 0 Å². The Hall–Kier alpha value is -0.790. The topological polar surface area (TPSA) is 26.3 Å². The molecule has 3 atom stereocenters. The maximum absolute atomic E-state index is 11.7. The van der Waals surface area contributed by atoms with Crippen LogP contribution in [-0.4, -0.2) is 12.1 Å². The number of carbonyl (C=O) groups excluding carboxylic acids is 1. The van der Waals surface area contributed by atoms with Crippen LogP contribution in [-0.2, 0) is 9.53 Å². The molecule has 3 rings (SSSR count). The van der Waals surface area contributed by atoms with Gasteiger partial charge in [-0.2, -0.15) is 0 Å². The van der Waals surface area contributed by atoms with Crippen LogP contribution in [0.15, 0.2) is 11.6 Å². The lowest BCUT2D eigenvalue weighted by atomic mass is 9.69. The summed E-state index contributed by atoms with van der Waals surface area (Å²) < 4.78 is 5.70. The number of allylic oxidation sites excluding steroid dienone is 1. The minimum Gasteiger partial charge on any atom is -0.458 e. The highest BCUT2D eigenvalue weighted by atomic mass is 16.5. The summed E-state index contributed by atoms with van der Waals surface area (Å²) in [4.78, 5) is 11.7. The number of rotatable bonds is 5. The number of hydrogen-bond donors (Lipinski definition) is 0. The fourth-order valence-electron chi connectivity index (χ4n) is 5.53.